The number of anilines is 4. The number of ether oxygens (including phenoxy) is 1. The number of benzene rings is 1. The molecular formula is C22H23FN6O2. The van der Waals surface area contributed by atoms with E-state index in [1.54, 1.807) is 24.4 Å². The molecule has 0 aliphatic carbocycles. The maximum atomic E-state index is 13.4. The molecule has 2 aromatic heterocycles. The Morgan fingerprint density at radius 3 is 2.68 bits per heavy atom. The lowest BCUT2D eigenvalue weighted by atomic mass is 10.2. The zero-order chi connectivity index (χ0) is 21.6. The van der Waals surface area contributed by atoms with Gasteiger partial charge >= 0.3 is 0 Å². The molecule has 1 fully saturated rings. The second-order valence-corrected chi connectivity index (χ2v) is 7.16. The number of rotatable bonds is 7. The number of nitrogens with zero attached hydrogens (tertiary/aromatic N) is 4. The van der Waals surface area contributed by atoms with E-state index in [4.69, 9.17) is 4.74 Å². The molecule has 0 bridgehead atoms. The lowest BCUT2D eigenvalue weighted by molar-refractivity contribution is 0.101. The van der Waals surface area contributed by atoms with Crippen molar-refractivity contribution in [1.82, 2.24) is 15.2 Å². The molecule has 0 spiro atoms. The van der Waals surface area contributed by atoms with Gasteiger partial charge in [-0.25, -0.2) is 9.37 Å². The number of carbonyl (C=O) groups is 1. The van der Waals surface area contributed by atoms with Crippen LogP contribution in [0.4, 0.5) is 27.4 Å². The summed E-state index contributed by atoms with van der Waals surface area (Å²) in [4.78, 5) is 18.6. The van der Waals surface area contributed by atoms with E-state index in [1.807, 2.05) is 12.1 Å². The molecule has 0 atom stereocenters. The largest absolute Gasteiger partial charge is 0.379 e. The van der Waals surface area contributed by atoms with Crippen LogP contribution in [0.3, 0.4) is 0 Å². The monoisotopic (exact) mass is 422 g/mol. The van der Waals surface area contributed by atoms with Gasteiger partial charge in [-0.1, -0.05) is 12.1 Å². The van der Waals surface area contributed by atoms with Gasteiger partial charge in [0.25, 0.3) is 0 Å². The predicted octanol–water partition coefficient (Wildman–Crippen LogP) is 3.41. The SMILES string of the molecule is CC(=O)c1nnc(Nc2ccc(N3CCOCC3)cn2)cc1NCc1cccc(F)c1. The van der Waals surface area contributed by atoms with Gasteiger partial charge in [-0.15, -0.1) is 10.2 Å². The first-order chi connectivity index (χ1) is 15.1. The highest BCUT2D eigenvalue weighted by molar-refractivity contribution is 5.97. The molecule has 2 N–H and O–H groups in total. The van der Waals surface area contributed by atoms with Crippen molar-refractivity contribution in [1.29, 1.82) is 0 Å². The zero-order valence-corrected chi connectivity index (χ0v) is 17.1. The second-order valence-electron chi connectivity index (χ2n) is 7.16. The number of halogens is 1. The van der Waals surface area contributed by atoms with Crippen LogP contribution in [0.2, 0.25) is 0 Å². The first kappa shape index (κ1) is 20.7. The Bertz CT molecular complexity index is 1050. The summed E-state index contributed by atoms with van der Waals surface area (Å²) in [6, 6.07) is 11.8. The van der Waals surface area contributed by atoms with E-state index in [1.165, 1.54) is 19.1 Å². The van der Waals surface area contributed by atoms with E-state index in [2.05, 4.69) is 30.7 Å². The van der Waals surface area contributed by atoms with Crippen LogP contribution in [-0.4, -0.2) is 47.3 Å². The summed E-state index contributed by atoms with van der Waals surface area (Å²) in [5.74, 6) is 0.526. The van der Waals surface area contributed by atoms with E-state index in [0.29, 0.717) is 37.1 Å². The molecule has 3 aromatic rings. The van der Waals surface area contributed by atoms with Crippen LogP contribution in [0.25, 0.3) is 0 Å². The van der Waals surface area contributed by atoms with Gasteiger partial charge in [-0.2, -0.15) is 0 Å². The average molecular weight is 422 g/mol. The second kappa shape index (κ2) is 9.48. The molecule has 0 amide bonds. The van der Waals surface area contributed by atoms with Crippen LogP contribution in [0, 0.1) is 5.82 Å². The number of ketones is 1. The molecule has 1 saturated heterocycles. The summed E-state index contributed by atoms with van der Waals surface area (Å²) in [6.45, 7) is 4.87. The van der Waals surface area contributed by atoms with Crippen molar-refractivity contribution in [2.24, 2.45) is 0 Å². The molecule has 1 aromatic carbocycles. The normalized spacial score (nSPS) is 13.7. The minimum atomic E-state index is -0.312. The molecule has 1 aliphatic heterocycles. The first-order valence-corrected chi connectivity index (χ1v) is 10.0. The molecule has 9 heteroatoms. The van der Waals surface area contributed by atoms with Crippen molar-refractivity contribution in [3.8, 4) is 0 Å². The van der Waals surface area contributed by atoms with Gasteiger partial charge in [0.05, 0.1) is 30.8 Å². The minimum absolute atomic E-state index is 0.214. The predicted molar refractivity (Wildman–Crippen MR) is 116 cm³/mol. The highest BCUT2D eigenvalue weighted by Gasteiger charge is 2.14. The van der Waals surface area contributed by atoms with Crippen molar-refractivity contribution < 1.29 is 13.9 Å². The number of pyridine rings is 1. The number of morpholine rings is 1. The summed E-state index contributed by atoms with van der Waals surface area (Å²) < 4.78 is 18.8. The third-order valence-corrected chi connectivity index (χ3v) is 4.88. The average Bonchev–Trinajstić information content (AvgIpc) is 2.79. The number of Topliss-reactive ketones (excluding diaryl/α,β-unsaturated/α-hetero) is 1. The molecule has 8 nitrogen and oxygen atoms in total. The summed E-state index contributed by atoms with van der Waals surface area (Å²) >= 11 is 0. The van der Waals surface area contributed by atoms with E-state index >= 15 is 0 Å². The third kappa shape index (κ3) is 5.32. The summed E-state index contributed by atoms with van der Waals surface area (Å²) in [5, 5.41) is 14.4. The third-order valence-electron chi connectivity index (χ3n) is 4.88. The van der Waals surface area contributed by atoms with Crippen molar-refractivity contribution in [2.75, 3.05) is 41.8 Å². The Morgan fingerprint density at radius 1 is 1.13 bits per heavy atom. The fourth-order valence-electron chi connectivity index (χ4n) is 3.29. The minimum Gasteiger partial charge on any atom is -0.379 e. The summed E-state index contributed by atoms with van der Waals surface area (Å²) in [5.41, 5.74) is 2.52. The van der Waals surface area contributed by atoms with E-state index in [-0.39, 0.29) is 17.3 Å². The Kier molecular flexibility index (Phi) is 6.32. The molecule has 1 aliphatic rings. The van der Waals surface area contributed by atoms with E-state index in [9.17, 15) is 9.18 Å². The number of carbonyl (C=O) groups excluding carboxylic acids is 1. The highest BCUT2D eigenvalue weighted by Crippen LogP contribution is 2.22. The van der Waals surface area contributed by atoms with Gasteiger partial charge in [0, 0.05) is 32.6 Å². The van der Waals surface area contributed by atoms with Crippen LogP contribution in [-0.2, 0) is 11.3 Å². The topological polar surface area (TPSA) is 92.3 Å². The van der Waals surface area contributed by atoms with Crippen molar-refractivity contribution in [3.05, 3.63) is 65.7 Å². The van der Waals surface area contributed by atoms with Gasteiger partial charge in [-0.3, -0.25) is 4.79 Å². The molecule has 160 valence electrons. The maximum Gasteiger partial charge on any atom is 0.182 e. The fourth-order valence-corrected chi connectivity index (χ4v) is 3.29. The first-order valence-electron chi connectivity index (χ1n) is 10.0. The van der Waals surface area contributed by atoms with Gasteiger partial charge in [0.15, 0.2) is 17.3 Å². The maximum absolute atomic E-state index is 13.4. The van der Waals surface area contributed by atoms with Crippen molar-refractivity contribution >= 4 is 28.8 Å². The Labute approximate surface area is 179 Å². The number of hydrogen-bond acceptors (Lipinski definition) is 8. The van der Waals surface area contributed by atoms with E-state index < -0.39 is 0 Å². The Morgan fingerprint density at radius 2 is 1.97 bits per heavy atom. The standard InChI is InChI=1S/C22H23FN6O2/c1-15(30)22-19(24-13-16-3-2-4-17(23)11-16)12-21(27-28-22)26-20-6-5-18(14-25-20)29-7-9-31-10-8-29/h2-6,11-12,14H,7-10,13H2,1H3,(H2,24,25,26,27). The Hall–Kier alpha value is -3.59. The van der Waals surface area contributed by atoms with Gasteiger partial charge < -0.3 is 20.3 Å². The zero-order valence-electron chi connectivity index (χ0n) is 17.1. The van der Waals surface area contributed by atoms with Gasteiger partial charge in [0.1, 0.15) is 11.6 Å². The Balaban J connectivity index is 1.48. The van der Waals surface area contributed by atoms with Gasteiger partial charge in [-0.05, 0) is 29.8 Å². The molecule has 4 rings (SSSR count). The van der Waals surface area contributed by atoms with Crippen molar-refractivity contribution in [3.63, 3.8) is 0 Å². The molecular weight excluding hydrogens is 399 g/mol. The lowest BCUT2D eigenvalue weighted by Crippen LogP contribution is -2.36. The number of aromatic nitrogens is 3. The quantitative estimate of drug-likeness (QED) is 0.560. The summed E-state index contributed by atoms with van der Waals surface area (Å²) in [6.07, 6.45) is 1.80. The summed E-state index contributed by atoms with van der Waals surface area (Å²) in [7, 11) is 0. The molecule has 3 heterocycles. The van der Waals surface area contributed by atoms with Crippen LogP contribution < -0.4 is 15.5 Å². The lowest BCUT2D eigenvalue weighted by Gasteiger charge is -2.28. The number of hydrogen-bond donors (Lipinski definition) is 2. The van der Waals surface area contributed by atoms with E-state index in [0.717, 1.165) is 24.3 Å². The van der Waals surface area contributed by atoms with Crippen LogP contribution >= 0.6 is 0 Å². The molecule has 0 unspecified atom stereocenters. The van der Waals surface area contributed by atoms with Crippen LogP contribution in [0.15, 0.2) is 48.7 Å². The smallest absolute Gasteiger partial charge is 0.182 e. The molecule has 31 heavy (non-hydrogen) atoms. The highest BCUT2D eigenvalue weighted by atomic mass is 19.1. The van der Waals surface area contributed by atoms with Crippen molar-refractivity contribution in [2.45, 2.75) is 13.5 Å². The molecule has 0 saturated carbocycles. The molecule has 0 radical (unpaired) electrons. The van der Waals surface area contributed by atoms with Crippen LogP contribution in [0.1, 0.15) is 23.0 Å². The number of nitrogens with one attached hydrogen (secondary N) is 2. The fraction of sp³-hybridized carbons (Fsp3) is 0.273. The van der Waals surface area contributed by atoms with Gasteiger partial charge in [0.2, 0.25) is 0 Å². The van der Waals surface area contributed by atoms with Crippen LogP contribution in [0.5, 0.6) is 0 Å².